The summed E-state index contributed by atoms with van der Waals surface area (Å²) in [5, 5.41) is 2.91. The molecule has 0 radical (unpaired) electrons. The summed E-state index contributed by atoms with van der Waals surface area (Å²) in [6.45, 7) is 0.658. The smallest absolute Gasteiger partial charge is 0.232 e. The molecule has 0 aliphatic carbocycles. The largest absolute Gasteiger partial charge is 0.469 e. The summed E-state index contributed by atoms with van der Waals surface area (Å²) in [6, 6.07) is 20.0. The summed E-state index contributed by atoms with van der Waals surface area (Å²) < 4.78 is 26.8. The number of fused-ring (bicyclic) bond motifs is 1. The number of nitrogens with one attached hydrogen (secondary N) is 1. The van der Waals surface area contributed by atoms with Crippen LogP contribution in [0.3, 0.4) is 0 Å². The van der Waals surface area contributed by atoms with E-state index in [9.17, 15) is 9.18 Å². The first kappa shape index (κ1) is 22.5. The molecule has 6 nitrogen and oxygen atoms in total. The average molecular weight is 546 g/mol. The molecule has 0 saturated heterocycles. The Hall–Kier alpha value is -3.91. The van der Waals surface area contributed by atoms with Gasteiger partial charge in [0.25, 0.3) is 0 Å². The highest BCUT2D eigenvalue weighted by Crippen LogP contribution is 2.38. The van der Waals surface area contributed by atoms with Gasteiger partial charge in [-0.3, -0.25) is 4.79 Å². The van der Waals surface area contributed by atoms with Gasteiger partial charge in [0.05, 0.1) is 6.42 Å². The van der Waals surface area contributed by atoms with Crippen LogP contribution in [0.15, 0.2) is 88.1 Å². The number of hydrogen-bond donors (Lipinski definition) is 1. The Kier molecular flexibility index (Phi) is 5.81. The molecule has 2 aliphatic heterocycles. The maximum absolute atomic E-state index is 13.6. The molecule has 6 rings (SSSR count). The van der Waals surface area contributed by atoms with Gasteiger partial charge in [0, 0.05) is 34.0 Å². The van der Waals surface area contributed by atoms with Crippen molar-refractivity contribution in [3.05, 3.63) is 106 Å². The lowest BCUT2D eigenvalue weighted by Crippen LogP contribution is -2.23. The van der Waals surface area contributed by atoms with Gasteiger partial charge in [0.2, 0.25) is 18.0 Å². The molecule has 180 valence electrons. The van der Waals surface area contributed by atoms with Crippen molar-refractivity contribution < 1.29 is 18.3 Å². The Balaban J connectivity index is 1.29. The van der Waals surface area contributed by atoms with Crippen LogP contribution in [0, 0.1) is 5.82 Å². The number of oxazole rings is 1. The van der Waals surface area contributed by atoms with Crippen molar-refractivity contribution in [2.24, 2.45) is 0 Å². The molecule has 3 aromatic carbocycles. The molecule has 3 heterocycles. The molecule has 0 fully saturated rings. The van der Waals surface area contributed by atoms with E-state index >= 15 is 0 Å². The van der Waals surface area contributed by atoms with Gasteiger partial charge in [-0.2, -0.15) is 0 Å². The number of hydrogen-bond acceptors (Lipinski definition) is 5. The van der Waals surface area contributed by atoms with Crippen LogP contribution in [0.5, 0.6) is 0 Å². The Morgan fingerprint density at radius 3 is 2.64 bits per heavy atom. The van der Waals surface area contributed by atoms with Crippen LogP contribution in [-0.4, -0.2) is 22.3 Å². The lowest BCUT2D eigenvalue weighted by atomic mass is 10.1. The fraction of sp³-hybridized carbons (Fsp3) is 0.143. The van der Waals surface area contributed by atoms with Crippen molar-refractivity contribution in [2.45, 2.75) is 19.1 Å². The number of amides is 1. The number of carbonyl (C=O) groups excluding carboxylic acids is 1. The molecule has 0 bridgehead atoms. The van der Waals surface area contributed by atoms with Crippen LogP contribution in [-0.2, 0) is 22.4 Å². The van der Waals surface area contributed by atoms with Gasteiger partial charge in [-0.15, -0.1) is 0 Å². The Morgan fingerprint density at radius 1 is 1.06 bits per heavy atom. The lowest BCUT2D eigenvalue weighted by Gasteiger charge is -2.23. The van der Waals surface area contributed by atoms with Crippen LogP contribution >= 0.6 is 15.9 Å². The van der Waals surface area contributed by atoms with E-state index in [0.717, 1.165) is 38.8 Å². The summed E-state index contributed by atoms with van der Waals surface area (Å²) in [4.78, 5) is 18.5. The summed E-state index contributed by atoms with van der Waals surface area (Å²) in [5.41, 5.74) is 5.19. The van der Waals surface area contributed by atoms with Crippen molar-refractivity contribution in [2.75, 3.05) is 11.9 Å². The second-order valence-corrected chi connectivity index (χ2v) is 9.64. The molecular formula is C28H21BrFN3O3. The van der Waals surface area contributed by atoms with Gasteiger partial charge in [0.15, 0.2) is 5.76 Å². The van der Waals surface area contributed by atoms with Gasteiger partial charge in [-0.25, -0.2) is 9.37 Å². The third-order valence-electron chi connectivity index (χ3n) is 6.31. The fourth-order valence-electron chi connectivity index (χ4n) is 4.45. The number of halogens is 2. The highest BCUT2D eigenvalue weighted by molar-refractivity contribution is 9.10. The normalized spacial score (nSPS) is 16.2. The second-order valence-electron chi connectivity index (χ2n) is 8.72. The maximum atomic E-state index is 13.6. The molecule has 36 heavy (non-hydrogen) atoms. The van der Waals surface area contributed by atoms with Crippen LogP contribution in [0.2, 0.25) is 0 Å². The van der Waals surface area contributed by atoms with Crippen molar-refractivity contribution in [3.8, 4) is 22.7 Å². The predicted octanol–water partition coefficient (Wildman–Crippen LogP) is 6.45. The number of benzene rings is 3. The molecule has 0 spiro atoms. The molecule has 2 aliphatic rings. The van der Waals surface area contributed by atoms with Gasteiger partial charge in [-0.1, -0.05) is 28.1 Å². The van der Waals surface area contributed by atoms with E-state index in [1.165, 1.54) is 12.1 Å². The zero-order valence-electron chi connectivity index (χ0n) is 19.1. The topological polar surface area (TPSA) is 67.6 Å². The summed E-state index contributed by atoms with van der Waals surface area (Å²) in [7, 11) is 0. The third kappa shape index (κ3) is 4.40. The van der Waals surface area contributed by atoms with Crippen LogP contribution in [0.4, 0.5) is 10.1 Å². The Morgan fingerprint density at radius 2 is 1.83 bits per heavy atom. The van der Waals surface area contributed by atoms with Gasteiger partial charge in [-0.05, 0) is 72.1 Å². The van der Waals surface area contributed by atoms with E-state index in [1.807, 2.05) is 47.5 Å². The van der Waals surface area contributed by atoms with Gasteiger partial charge >= 0.3 is 0 Å². The molecule has 1 N–H and O–H groups in total. The highest BCUT2D eigenvalue weighted by Gasteiger charge is 2.31. The molecule has 1 atom stereocenters. The monoisotopic (exact) mass is 545 g/mol. The Labute approximate surface area is 215 Å². The molecule has 8 heteroatoms. The summed E-state index contributed by atoms with van der Waals surface area (Å²) in [5.74, 6) is 0.716. The molecule has 1 unspecified atom stereocenters. The van der Waals surface area contributed by atoms with E-state index in [1.54, 1.807) is 18.4 Å². The quantitative estimate of drug-likeness (QED) is 0.301. The highest BCUT2D eigenvalue weighted by atomic mass is 79.9. The zero-order valence-corrected chi connectivity index (χ0v) is 20.7. The SMILES string of the molecule is O=C1Cc2ccc(CCN3C=COC3c3oc(-c4ccc(Br)cc4)nc3-c3ccc(F)cc3)cc2N1. The molecule has 4 aromatic rings. The molecule has 0 saturated carbocycles. The fourth-order valence-corrected chi connectivity index (χ4v) is 4.72. The van der Waals surface area contributed by atoms with Gasteiger partial charge in [0.1, 0.15) is 17.8 Å². The van der Waals surface area contributed by atoms with Crippen LogP contribution in [0.1, 0.15) is 23.1 Å². The number of nitrogens with zero attached hydrogens (tertiary/aromatic N) is 2. The first-order chi connectivity index (χ1) is 17.5. The minimum Gasteiger partial charge on any atom is -0.469 e. The van der Waals surface area contributed by atoms with Crippen LogP contribution < -0.4 is 5.32 Å². The van der Waals surface area contributed by atoms with Crippen molar-refractivity contribution >= 4 is 27.5 Å². The average Bonchev–Trinajstić information content (AvgIpc) is 3.60. The minimum absolute atomic E-state index is 0.0262. The number of aromatic nitrogens is 1. The summed E-state index contributed by atoms with van der Waals surface area (Å²) in [6.07, 6.45) is 4.18. The van der Waals surface area contributed by atoms with E-state index < -0.39 is 6.23 Å². The first-order valence-corrected chi connectivity index (χ1v) is 12.3. The van der Waals surface area contributed by atoms with Crippen molar-refractivity contribution in [1.82, 2.24) is 9.88 Å². The summed E-state index contributed by atoms with van der Waals surface area (Å²) >= 11 is 3.46. The zero-order chi connectivity index (χ0) is 24.6. The van der Waals surface area contributed by atoms with E-state index in [0.29, 0.717) is 30.3 Å². The Bertz CT molecular complexity index is 1460. The standard InChI is InChI=1S/C28H21BrFN3O3/c29-21-7-3-19(4-8-21)27-32-25(18-5-9-22(30)10-6-18)26(36-27)28-33(13-14-35-28)12-11-17-1-2-20-16-24(34)31-23(20)15-17/h1-10,13-15,28H,11-12,16H2,(H,31,34). The van der Waals surface area contributed by atoms with Crippen molar-refractivity contribution in [1.29, 1.82) is 0 Å². The predicted molar refractivity (Wildman–Crippen MR) is 137 cm³/mol. The van der Waals surface area contributed by atoms with E-state index in [4.69, 9.17) is 14.1 Å². The number of ether oxygens (including phenoxy) is 1. The van der Waals surface area contributed by atoms with E-state index in [2.05, 4.69) is 27.3 Å². The third-order valence-corrected chi connectivity index (χ3v) is 6.83. The minimum atomic E-state index is -0.518. The molecule has 1 amide bonds. The van der Waals surface area contributed by atoms with Gasteiger partial charge < -0.3 is 19.4 Å². The number of rotatable bonds is 6. The second kappa shape index (κ2) is 9.28. The maximum Gasteiger partial charge on any atom is 0.232 e. The van der Waals surface area contributed by atoms with Crippen molar-refractivity contribution in [3.63, 3.8) is 0 Å². The number of anilines is 1. The lowest BCUT2D eigenvalue weighted by molar-refractivity contribution is -0.115. The first-order valence-electron chi connectivity index (χ1n) is 11.6. The number of carbonyl (C=O) groups is 1. The van der Waals surface area contributed by atoms with Crippen LogP contribution in [0.25, 0.3) is 22.7 Å². The van der Waals surface area contributed by atoms with E-state index in [-0.39, 0.29) is 11.7 Å². The molecule has 1 aromatic heterocycles. The molecular weight excluding hydrogens is 525 g/mol.